The molecule has 0 saturated heterocycles. The summed E-state index contributed by atoms with van der Waals surface area (Å²) >= 11 is 0. The van der Waals surface area contributed by atoms with Crippen molar-refractivity contribution < 1.29 is 19.5 Å². The lowest BCUT2D eigenvalue weighted by Gasteiger charge is -2.22. The normalized spacial score (nSPS) is 21.4. The molecule has 0 radical (unpaired) electrons. The zero-order chi connectivity index (χ0) is 10.7. The molecule has 0 saturated carbocycles. The fourth-order valence-corrected chi connectivity index (χ4v) is 1.29. The molecule has 0 aromatic heterocycles. The van der Waals surface area contributed by atoms with Gasteiger partial charge in [-0.1, -0.05) is 6.58 Å². The lowest BCUT2D eigenvalue weighted by Crippen LogP contribution is -2.26. The summed E-state index contributed by atoms with van der Waals surface area (Å²) < 4.78 is 10.1. The zero-order valence-corrected chi connectivity index (χ0v) is 8.23. The topological polar surface area (TPSA) is 58.9 Å². The monoisotopic (exact) mass is 196 g/mol. The van der Waals surface area contributed by atoms with Crippen molar-refractivity contribution in [2.75, 3.05) is 14.2 Å². The van der Waals surface area contributed by atoms with Gasteiger partial charge in [0.15, 0.2) is 0 Å². The van der Waals surface area contributed by atoms with Crippen LogP contribution in [-0.2, 0) is 9.47 Å². The van der Waals surface area contributed by atoms with Gasteiger partial charge < -0.3 is 19.5 Å². The van der Waals surface area contributed by atoms with E-state index in [2.05, 4.69) is 6.58 Å². The first-order chi connectivity index (χ1) is 6.60. The highest BCUT2D eigenvalue weighted by atomic mass is 16.5. The van der Waals surface area contributed by atoms with Gasteiger partial charge in [0.05, 0.1) is 7.11 Å². The second-order valence-electron chi connectivity index (χ2n) is 2.93. The molecule has 1 unspecified atom stereocenters. The fourth-order valence-electron chi connectivity index (χ4n) is 1.29. The molecular weight excluding hydrogens is 183 g/mol. The van der Waals surface area contributed by atoms with Crippen LogP contribution in [0.5, 0.6) is 0 Å². The molecule has 2 N–H and O–H groups in total. The maximum absolute atomic E-state index is 9.06. The van der Waals surface area contributed by atoms with Gasteiger partial charge in [0.25, 0.3) is 0 Å². The molecule has 0 aromatic rings. The van der Waals surface area contributed by atoms with E-state index in [9.17, 15) is 0 Å². The molecule has 0 aromatic carbocycles. The second-order valence-corrected chi connectivity index (χ2v) is 2.93. The van der Waals surface area contributed by atoms with Gasteiger partial charge in [-0.15, -0.1) is 0 Å². The minimum absolute atomic E-state index is 0.316. The molecule has 0 amide bonds. The van der Waals surface area contributed by atoms with E-state index in [0.29, 0.717) is 16.8 Å². The molecule has 0 aliphatic heterocycles. The highest BCUT2D eigenvalue weighted by Crippen LogP contribution is 2.25. The molecule has 5 heteroatoms. The summed E-state index contributed by atoms with van der Waals surface area (Å²) in [7, 11) is 1.47. The van der Waals surface area contributed by atoms with Crippen molar-refractivity contribution in [2.45, 2.75) is 6.10 Å². The number of hydrogen-bond donors (Lipinski definition) is 2. The number of allylic oxidation sites excluding steroid dienone is 1. The SMILES string of the molecule is C=C1C(B(O)O)=CC(OC)=CC1OC. The summed E-state index contributed by atoms with van der Waals surface area (Å²) in [6.45, 7) is 3.72. The summed E-state index contributed by atoms with van der Waals surface area (Å²) in [5.41, 5.74) is 0.847. The van der Waals surface area contributed by atoms with Gasteiger partial charge in [-0.25, -0.2) is 0 Å². The summed E-state index contributed by atoms with van der Waals surface area (Å²) in [5.74, 6) is 0.535. The van der Waals surface area contributed by atoms with Crippen molar-refractivity contribution in [1.82, 2.24) is 0 Å². The molecule has 0 bridgehead atoms. The highest BCUT2D eigenvalue weighted by molar-refractivity contribution is 6.52. The van der Waals surface area contributed by atoms with Gasteiger partial charge in [-0.05, 0) is 23.2 Å². The molecular formula is C9H13BO4. The molecule has 0 heterocycles. The largest absolute Gasteiger partial charge is 0.497 e. The van der Waals surface area contributed by atoms with Crippen LogP contribution in [0.1, 0.15) is 0 Å². The van der Waals surface area contributed by atoms with Crippen LogP contribution in [0, 0.1) is 0 Å². The third-order valence-electron chi connectivity index (χ3n) is 2.10. The standard InChI is InChI=1S/C9H13BO4/c1-6-8(10(11)12)4-7(13-2)5-9(6)14-3/h4-5,9,11-12H,1H2,2-3H3. The lowest BCUT2D eigenvalue weighted by atomic mass is 9.71. The Bertz CT molecular complexity index is 293. The summed E-state index contributed by atoms with van der Waals surface area (Å²) in [4.78, 5) is 0. The van der Waals surface area contributed by atoms with Crippen LogP contribution in [0.15, 0.2) is 35.5 Å². The van der Waals surface area contributed by atoms with Crippen LogP contribution in [-0.4, -0.2) is 37.5 Å². The van der Waals surface area contributed by atoms with Crippen LogP contribution >= 0.6 is 0 Å². The van der Waals surface area contributed by atoms with E-state index >= 15 is 0 Å². The fraction of sp³-hybridized carbons (Fsp3) is 0.333. The van der Waals surface area contributed by atoms with Gasteiger partial charge in [-0.2, -0.15) is 0 Å². The maximum atomic E-state index is 9.06. The van der Waals surface area contributed by atoms with Crippen LogP contribution < -0.4 is 0 Å². The van der Waals surface area contributed by atoms with E-state index in [0.717, 1.165) is 0 Å². The Labute approximate surface area is 83.3 Å². The summed E-state index contributed by atoms with van der Waals surface area (Å²) in [6, 6.07) is 0. The van der Waals surface area contributed by atoms with Gasteiger partial charge in [0.2, 0.25) is 0 Å². The van der Waals surface area contributed by atoms with Gasteiger partial charge in [0, 0.05) is 7.11 Å². The predicted octanol–water partition coefficient (Wildman–Crippen LogP) is 0.0399. The number of ether oxygens (including phenoxy) is 2. The van der Waals surface area contributed by atoms with E-state index in [1.807, 2.05) is 0 Å². The number of hydrogen-bond acceptors (Lipinski definition) is 4. The Hall–Kier alpha value is -1.04. The molecule has 14 heavy (non-hydrogen) atoms. The van der Waals surface area contributed by atoms with E-state index in [-0.39, 0.29) is 6.10 Å². The molecule has 4 nitrogen and oxygen atoms in total. The van der Waals surface area contributed by atoms with Crippen LogP contribution in [0.3, 0.4) is 0 Å². The zero-order valence-electron chi connectivity index (χ0n) is 8.23. The molecule has 0 spiro atoms. The van der Waals surface area contributed by atoms with E-state index < -0.39 is 7.12 Å². The Morgan fingerprint density at radius 2 is 2.07 bits per heavy atom. The third kappa shape index (κ3) is 2.06. The first-order valence-electron chi connectivity index (χ1n) is 4.15. The first kappa shape index (κ1) is 11.0. The van der Waals surface area contributed by atoms with Gasteiger partial charge in [0.1, 0.15) is 11.9 Å². The molecule has 1 atom stereocenters. The first-order valence-corrected chi connectivity index (χ1v) is 4.15. The van der Waals surface area contributed by atoms with Crippen molar-refractivity contribution in [3.8, 4) is 0 Å². The van der Waals surface area contributed by atoms with E-state index in [1.54, 1.807) is 6.08 Å². The Balaban J connectivity index is 2.99. The van der Waals surface area contributed by atoms with Gasteiger partial charge in [-0.3, -0.25) is 0 Å². The van der Waals surface area contributed by atoms with Crippen LogP contribution in [0.25, 0.3) is 0 Å². The second kappa shape index (κ2) is 4.46. The molecule has 1 aliphatic rings. The average molecular weight is 196 g/mol. The van der Waals surface area contributed by atoms with Crippen molar-refractivity contribution in [1.29, 1.82) is 0 Å². The smallest absolute Gasteiger partial charge is 0.488 e. The van der Waals surface area contributed by atoms with Crippen LogP contribution in [0.4, 0.5) is 0 Å². The molecule has 1 aliphatic carbocycles. The summed E-state index contributed by atoms with van der Waals surface area (Å²) in [6.07, 6.45) is 2.88. The Morgan fingerprint density at radius 1 is 1.43 bits per heavy atom. The van der Waals surface area contributed by atoms with E-state index in [4.69, 9.17) is 19.5 Å². The summed E-state index contributed by atoms with van der Waals surface area (Å²) in [5, 5.41) is 18.1. The van der Waals surface area contributed by atoms with Crippen molar-refractivity contribution in [2.24, 2.45) is 0 Å². The van der Waals surface area contributed by atoms with Crippen molar-refractivity contribution in [3.05, 3.63) is 35.5 Å². The third-order valence-corrected chi connectivity index (χ3v) is 2.10. The Kier molecular flexibility index (Phi) is 3.52. The Morgan fingerprint density at radius 3 is 2.50 bits per heavy atom. The quantitative estimate of drug-likeness (QED) is 0.625. The van der Waals surface area contributed by atoms with Crippen LogP contribution in [0.2, 0.25) is 0 Å². The van der Waals surface area contributed by atoms with Crippen molar-refractivity contribution >= 4 is 7.12 Å². The average Bonchev–Trinajstić information content (AvgIpc) is 2.17. The molecule has 0 fully saturated rings. The molecule has 1 rings (SSSR count). The molecule has 76 valence electrons. The number of methoxy groups -OCH3 is 2. The van der Waals surface area contributed by atoms with Crippen molar-refractivity contribution in [3.63, 3.8) is 0 Å². The van der Waals surface area contributed by atoms with E-state index in [1.165, 1.54) is 20.3 Å². The lowest BCUT2D eigenvalue weighted by molar-refractivity contribution is 0.163. The minimum Gasteiger partial charge on any atom is -0.497 e. The highest BCUT2D eigenvalue weighted by Gasteiger charge is 2.26. The predicted molar refractivity (Wildman–Crippen MR) is 53.3 cm³/mol. The minimum atomic E-state index is -1.56. The maximum Gasteiger partial charge on any atom is 0.488 e. The van der Waals surface area contributed by atoms with Gasteiger partial charge >= 0.3 is 7.12 Å². The number of rotatable bonds is 3.